The van der Waals surface area contributed by atoms with Crippen molar-refractivity contribution >= 4 is 15.7 Å². The number of carbonyl (C=O) groups excluding carboxylic acids is 1. The first kappa shape index (κ1) is 13.5. The Kier molecular flexibility index (Phi) is 5.77. The molecule has 0 aliphatic heterocycles. The van der Waals surface area contributed by atoms with Gasteiger partial charge in [0.2, 0.25) is 0 Å². The quantitative estimate of drug-likeness (QED) is 0.420. The maximum Gasteiger partial charge on any atom is 0.333 e. The van der Waals surface area contributed by atoms with E-state index in [1.165, 1.54) is 0 Å². The number of hydrogen-bond donors (Lipinski definition) is 0. The third-order valence-electron chi connectivity index (χ3n) is 2.97. The number of hydrogen-bond acceptors (Lipinski definition) is 3. The van der Waals surface area contributed by atoms with E-state index in [4.69, 9.17) is 9.16 Å². The molecular formula is C12H22O3Si. The van der Waals surface area contributed by atoms with Gasteiger partial charge >= 0.3 is 5.97 Å². The van der Waals surface area contributed by atoms with Gasteiger partial charge in [-0.25, -0.2) is 4.79 Å². The number of carbonyl (C=O) groups is 1. The molecule has 0 aromatic carbocycles. The lowest BCUT2D eigenvalue weighted by Crippen LogP contribution is -2.25. The van der Waals surface area contributed by atoms with E-state index in [0.29, 0.717) is 5.57 Å². The van der Waals surface area contributed by atoms with E-state index in [-0.39, 0.29) is 21.8 Å². The van der Waals surface area contributed by atoms with Crippen LogP contribution in [-0.2, 0) is 14.0 Å². The second-order valence-electron chi connectivity index (χ2n) is 4.49. The van der Waals surface area contributed by atoms with Crippen molar-refractivity contribution in [2.24, 2.45) is 0 Å². The fourth-order valence-electron chi connectivity index (χ4n) is 1.95. The van der Waals surface area contributed by atoms with Crippen molar-refractivity contribution in [1.29, 1.82) is 0 Å². The minimum absolute atomic E-state index is 0.107. The van der Waals surface area contributed by atoms with Crippen molar-refractivity contribution in [3.63, 3.8) is 0 Å². The van der Waals surface area contributed by atoms with Crippen molar-refractivity contribution in [3.8, 4) is 0 Å². The molecule has 4 heteroatoms. The van der Waals surface area contributed by atoms with Crippen LogP contribution in [0.4, 0.5) is 0 Å². The molecule has 0 N–H and O–H groups in total. The minimum Gasteiger partial charge on any atom is -0.459 e. The van der Waals surface area contributed by atoms with Crippen molar-refractivity contribution in [1.82, 2.24) is 0 Å². The van der Waals surface area contributed by atoms with Gasteiger partial charge in [-0.1, -0.05) is 6.58 Å². The molecule has 0 amide bonds. The lowest BCUT2D eigenvalue weighted by molar-refractivity contribution is -0.145. The zero-order chi connectivity index (χ0) is 12.0. The average Bonchev–Trinajstić information content (AvgIpc) is 2.28. The number of esters is 1. The average molecular weight is 242 g/mol. The van der Waals surface area contributed by atoms with E-state index >= 15 is 0 Å². The summed E-state index contributed by atoms with van der Waals surface area (Å²) in [5.41, 5.74) is 1.27. The molecule has 1 saturated carbocycles. The molecule has 0 radical (unpaired) electrons. The monoisotopic (exact) mass is 242 g/mol. The lowest BCUT2D eigenvalue weighted by Gasteiger charge is -2.27. The zero-order valence-electron chi connectivity index (χ0n) is 10.3. The summed E-state index contributed by atoms with van der Waals surface area (Å²) in [7, 11) is -0.358. The van der Waals surface area contributed by atoms with Crippen molar-refractivity contribution in [2.75, 3.05) is 6.61 Å². The summed E-state index contributed by atoms with van der Waals surface area (Å²) in [6, 6.07) is 0. The Labute approximate surface area is 100 Å². The van der Waals surface area contributed by atoms with Gasteiger partial charge in [-0.15, -0.1) is 0 Å². The van der Waals surface area contributed by atoms with Gasteiger partial charge in [0, 0.05) is 12.2 Å². The molecule has 1 aliphatic carbocycles. The fraction of sp³-hybridized carbons (Fsp3) is 0.750. The largest absolute Gasteiger partial charge is 0.459 e. The van der Waals surface area contributed by atoms with Gasteiger partial charge < -0.3 is 9.16 Å². The highest BCUT2D eigenvalue weighted by Gasteiger charge is 2.24. The van der Waals surface area contributed by atoms with Crippen LogP contribution in [0.2, 0.25) is 5.54 Å². The molecule has 0 heterocycles. The van der Waals surface area contributed by atoms with Crippen LogP contribution in [-0.4, -0.2) is 28.4 Å². The standard InChI is InChI=1S/C12H22O3Si/c1-4-14-16-11-7-5-10(6-8-11)15-12(13)9(2)3/h10-11H,2,4-8,16H2,1,3H3. The van der Waals surface area contributed by atoms with Gasteiger partial charge in [-0.2, -0.15) is 0 Å². The Morgan fingerprint density at radius 3 is 2.50 bits per heavy atom. The smallest absolute Gasteiger partial charge is 0.333 e. The van der Waals surface area contributed by atoms with Gasteiger partial charge in [0.25, 0.3) is 0 Å². The molecule has 0 saturated heterocycles. The molecule has 0 bridgehead atoms. The summed E-state index contributed by atoms with van der Waals surface area (Å²) >= 11 is 0. The summed E-state index contributed by atoms with van der Waals surface area (Å²) in [5, 5.41) is 0. The lowest BCUT2D eigenvalue weighted by atomic mass is 9.97. The van der Waals surface area contributed by atoms with Crippen LogP contribution >= 0.6 is 0 Å². The molecule has 92 valence electrons. The van der Waals surface area contributed by atoms with Crippen LogP contribution < -0.4 is 0 Å². The SMILES string of the molecule is C=C(C)C(=O)OC1CCC([SiH2]OCC)CC1. The minimum atomic E-state index is -0.358. The molecule has 1 fully saturated rings. The Hall–Kier alpha value is -0.613. The second-order valence-corrected chi connectivity index (χ2v) is 6.38. The van der Waals surface area contributed by atoms with Gasteiger partial charge in [-0.05, 0) is 45.1 Å². The first-order valence-electron chi connectivity index (χ1n) is 6.07. The van der Waals surface area contributed by atoms with Crippen LogP contribution in [0.3, 0.4) is 0 Å². The molecule has 16 heavy (non-hydrogen) atoms. The molecule has 1 aliphatic rings. The summed E-state index contributed by atoms with van der Waals surface area (Å²) in [5.74, 6) is -0.245. The van der Waals surface area contributed by atoms with Crippen molar-refractivity contribution < 1.29 is 14.0 Å². The maximum atomic E-state index is 11.3. The van der Waals surface area contributed by atoms with E-state index in [1.807, 2.05) is 6.92 Å². The van der Waals surface area contributed by atoms with Crippen LogP contribution in [0.1, 0.15) is 39.5 Å². The highest BCUT2D eigenvalue weighted by atomic mass is 28.2. The summed E-state index contributed by atoms with van der Waals surface area (Å²) < 4.78 is 10.9. The van der Waals surface area contributed by atoms with E-state index in [0.717, 1.165) is 37.8 Å². The summed E-state index contributed by atoms with van der Waals surface area (Å²) in [4.78, 5) is 11.3. The summed E-state index contributed by atoms with van der Waals surface area (Å²) in [6.07, 6.45) is 4.39. The third-order valence-corrected chi connectivity index (χ3v) is 4.91. The predicted octanol–water partition coefficient (Wildman–Crippen LogP) is 1.96. The molecule has 0 atom stereocenters. The highest BCUT2D eigenvalue weighted by Crippen LogP contribution is 2.30. The van der Waals surface area contributed by atoms with E-state index in [1.54, 1.807) is 6.92 Å². The Bertz CT molecular complexity index is 245. The number of ether oxygens (including phenoxy) is 1. The maximum absolute atomic E-state index is 11.3. The zero-order valence-corrected chi connectivity index (χ0v) is 11.7. The highest BCUT2D eigenvalue weighted by molar-refractivity contribution is 6.29. The van der Waals surface area contributed by atoms with Crippen LogP contribution in [0.25, 0.3) is 0 Å². The van der Waals surface area contributed by atoms with Crippen molar-refractivity contribution in [2.45, 2.75) is 51.2 Å². The van der Waals surface area contributed by atoms with Gasteiger partial charge in [0.05, 0.1) is 0 Å². The molecule has 3 nitrogen and oxygen atoms in total. The van der Waals surface area contributed by atoms with Gasteiger partial charge in [0.15, 0.2) is 9.76 Å². The Morgan fingerprint density at radius 1 is 1.38 bits per heavy atom. The molecule has 0 unspecified atom stereocenters. The van der Waals surface area contributed by atoms with Crippen LogP contribution in [0, 0.1) is 0 Å². The molecule has 1 rings (SSSR count). The first-order chi connectivity index (χ1) is 7.63. The molecule has 0 spiro atoms. The Balaban J connectivity index is 2.21. The third kappa shape index (κ3) is 4.49. The molecule has 0 aromatic rings. The normalized spacial score (nSPS) is 25.9. The predicted molar refractivity (Wildman–Crippen MR) is 67.1 cm³/mol. The van der Waals surface area contributed by atoms with Crippen molar-refractivity contribution in [3.05, 3.63) is 12.2 Å². The molecule has 0 aromatic heterocycles. The van der Waals surface area contributed by atoms with Crippen LogP contribution in [0.15, 0.2) is 12.2 Å². The van der Waals surface area contributed by atoms with E-state index < -0.39 is 0 Å². The first-order valence-corrected chi connectivity index (χ1v) is 7.47. The van der Waals surface area contributed by atoms with Gasteiger partial charge in [-0.3, -0.25) is 0 Å². The van der Waals surface area contributed by atoms with Gasteiger partial charge in [0.1, 0.15) is 6.10 Å². The Morgan fingerprint density at radius 2 is 2.00 bits per heavy atom. The molecular weight excluding hydrogens is 220 g/mol. The summed E-state index contributed by atoms with van der Waals surface area (Å²) in [6.45, 7) is 8.17. The van der Waals surface area contributed by atoms with E-state index in [2.05, 4.69) is 6.58 Å². The second kappa shape index (κ2) is 6.86. The topological polar surface area (TPSA) is 35.5 Å². The number of rotatable bonds is 5. The fourth-order valence-corrected chi connectivity index (χ4v) is 3.33. The van der Waals surface area contributed by atoms with E-state index in [9.17, 15) is 4.79 Å². The van der Waals surface area contributed by atoms with Crippen LogP contribution in [0.5, 0.6) is 0 Å².